The lowest BCUT2D eigenvalue weighted by atomic mass is 10.1. The van der Waals surface area contributed by atoms with Gasteiger partial charge in [0.1, 0.15) is 12.3 Å². The average Bonchev–Trinajstić information content (AvgIpc) is 2.84. The first-order valence-electron chi connectivity index (χ1n) is 6.85. The molecule has 0 saturated heterocycles. The average molecular weight is 301 g/mol. The summed E-state index contributed by atoms with van der Waals surface area (Å²) in [5.74, 6) is 0.201. The number of rotatable bonds is 4. The molecule has 7 nitrogen and oxygen atoms in total. The van der Waals surface area contributed by atoms with E-state index in [2.05, 4.69) is 10.1 Å². The Morgan fingerprint density at radius 3 is 2.91 bits per heavy atom. The predicted molar refractivity (Wildman–Crippen MR) is 81.0 cm³/mol. The van der Waals surface area contributed by atoms with Gasteiger partial charge in [0.2, 0.25) is 0 Å². The molecule has 0 fully saturated rings. The molecule has 2 heterocycles. The zero-order chi connectivity index (χ0) is 15.7. The van der Waals surface area contributed by atoms with E-state index in [1.54, 1.807) is 26.2 Å². The standard InChI is InChI=1S/C15H15N3O4/c1-3-22-13(19)8-18-15(20)11-7-16-12-5-4-9(21-2)6-10(12)14(11)17-18/h4-7,17H,3,8H2,1-2H3. The van der Waals surface area contributed by atoms with E-state index < -0.39 is 5.97 Å². The van der Waals surface area contributed by atoms with E-state index in [4.69, 9.17) is 9.47 Å². The van der Waals surface area contributed by atoms with Crippen LogP contribution in [0.15, 0.2) is 29.2 Å². The Balaban J connectivity index is 2.17. The number of aromatic amines is 1. The summed E-state index contributed by atoms with van der Waals surface area (Å²) in [5, 5.41) is 4.14. The minimum Gasteiger partial charge on any atom is -0.497 e. The summed E-state index contributed by atoms with van der Waals surface area (Å²) in [4.78, 5) is 28.2. The number of carbonyl (C=O) groups excluding carboxylic acids is 1. The minimum atomic E-state index is -0.467. The van der Waals surface area contributed by atoms with E-state index >= 15 is 0 Å². The van der Waals surface area contributed by atoms with Crippen molar-refractivity contribution in [1.29, 1.82) is 0 Å². The molecule has 0 aliphatic heterocycles. The van der Waals surface area contributed by atoms with Crippen molar-refractivity contribution in [2.75, 3.05) is 13.7 Å². The van der Waals surface area contributed by atoms with Crippen LogP contribution in [-0.4, -0.2) is 34.5 Å². The van der Waals surface area contributed by atoms with Crippen LogP contribution in [0.4, 0.5) is 0 Å². The summed E-state index contributed by atoms with van der Waals surface area (Å²) in [6.07, 6.45) is 1.50. The number of fused-ring (bicyclic) bond motifs is 3. The van der Waals surface area contributed by atoms with Crippen LogP contribution in [-0.2, 0) is 16.1 Å². The van der Waals surface area contributed by atoms with Crippen LogP contribution in [0.2, 0.25) is 0 Å². The highest BCUT2D eigenvalue weighted by molar-refractivity contribution is 6.03. The monoisotopic (exact) mass is 301 g/mol. The third kappa shape index (κ3) is 2.30. The van der Waals surface area contributed by atoms with Gasteiger partial charge >= 0.3 is 5.97 Å². The summed E-state index contributed by atoms with van der Waals surface area (Å²) >= 11 is 0. The molecule has 0 amide bonds. The number of nitrogens with one attached hydrogen (secondary N) is 1. The smallest absolute Gasteiger partial charge is 0.327 e. The summed E-state index contributed by atoms with van der Waals surface area (Å²) in [6.45, 7) is 1.83. The molecule has 3 aromatic rings. The van der Waals surface area contributed by atoms with Gasteiger partial charge in [-0.1, -0.05) is 0 Å². The van der Waals surface area contributed by atoms with Crippen LogP contribution in [0, 0.1) is 0 Å². The molecule has 2 aromatic heterocycles. The summed E-state index contributed by atoms with van der Waals surface area (Å²) in [5.41, 5.74) is 1.05. The molecule has 22 heavy (non-hydrogen) atoms. The van der Waals surface area contributed by atoms with Gasteiger partial charge in [0.15, 0.2) is 0 Å². The van der Waals surface area contributed by atoms with Gasteiger partial charge in [0.05, 0.1) is 30.1 Å². The van der Waals surface area contributed by atoms with Crippen LogP contribution >= 0.6 is 0 Å². The molecule has 7 heteroatoms. The van der Waals surface area contributed by atoms with Crippen molar-refractivity contribution in [2.24, 2.45) is 0 Å². The van der Waals surface area contributed by atoms with Crippen LogP contribution in [0.3, 0.4) is 0 Å². The first kappa shape index (κ1) is 14.1. The van der Waals surface area contributed by atoms with Crippen molar-refractivity contribution in [3.8, 4) is 5.75 Å². The van der Waals surface area contributed by atoms with Gasteiger partial charge in [-0.15, -0.1) is 0 Å². The summed E-state index contributed by atoms with van der Waals surface area (Å²) < 4.78 is 11.3. The van der Waals surface area contributed by atoms with Gasteiger partial charge in [0, 0.05) is 11.6 Å². The number of nitrogens with zero attached hydrogens (tertiary/aromatic N) is 2. The Morgan fingerprint density at radius 1 is 1.36 bits per heavy atom. The molecule has 0 saturated carbocycles. The van der Waals surface area contributed by atoms with Gasteiger partial charge in [0.25, 0.3) is 5.56 Å². The molecule has 0 aliphatic carbocycles. The molecular weight excluding hydrogens is 286 g/mol. The van der Waals surface area contributed by atoms with Crippen molar-refractivity contribution in [1.82, 2.24) is 14.8 Å². The Hall–Kier alpha value is -2.83. The van der Waals surface area contributed by atoms with E-state index in [0.29, 0.717) is 16.7 Å². The molecule has 114 valence electrons. The number of hydrogen-bond donors (Lipinski definition) is 1. The maximum Gasteiger partial charge on any atom is 0.327 e. The maximum atomic E-state index is 12.3. The lowest BCUT2D eigenvalue weighted by molar-refractivity contribution is -0.144. The van der Waals surface area contributed by atoms with E-state index in [9.17, 15) is 9.59 Å². The van der Waals surface area contributed by atoms with Crippen LogP contribution in [0.25, 0.3) is 21.8 Å². The maximum absolute atomic E-state index is 12.3. The molecule has 0 unspecified atom stereocenters. The van der Waals surface area contributed by atoms with Gasteiger partial charge in [-0.2, -0.15) is 0 Å². The van der Waals surface area contributed by atoms with Gasteiger partial charge in [-0.05, 0) is 25.1 Å². The van der Waals surface area contributed by atoms with Crippen LogP contribution in [0.1, 0.15) is 6.92 Å². The second kappa shape index (κ2) is 5.51. The molecule has 0 atom stereocenters. The normalized spacial score (nSPS) is 11.0. The summed E-state index contributed by atoms with van der Waals surface area (Å²) in [6, 6.07) is 5.42. The number of ether oxygens (including phenoxy) is 2. The van der Waals surface area contributed by atoms with E-state index in [-0.39, 0.29) is 18.7 Å². The molecular formula is C15H15N3O4. The number of aromatic nitrogens is 3. The lowest BCUT2D eigenvalue weighted by Gasteiger charge is -2.03. The second-order valence-corrected chi connectivity index (χ2v) is 4.74. The number of carbonyl (C=O) groups is 1. The highest BCUT2D eigenvalue weighted by atomic mass is 16.5. The zero-order valence-corrected chi connectivity index (χ0v) is 12.3. The third-order valence-electron chi connectivity index (χ3n) is 3.39. The number of benzene rings is 1. The molecule has 0 bridgehead atoms. The Bertz CT molecular complexity index is 910. The quantitative estimate of drug-likeness (QED) is 0.737. The topological polar surface area (TPSA) is 86.2 Å². The minimum absolute atomic E-state index is 0.160. The molecule has 3 rings (SSSR count). The number of esters is 1. The molecule has 0 spiro atoms. The fraction of sp³-hybridized carbons (Fsp3) is 0.267. The molecule has 1 aromatic carbocycles. The van der Waals surface area contributed by atoms with Crippen molar-refractivity contribution >= 4 is 27.8 Å². The number of hydrogen-bond acceptors (Lipinski definition) is 5. The second-order valence-electron chi connectivity index (χ2n) is 4.74. The van der Waals surface area contributed by atoms with Crippen molar-refractivity contribution in [3.05, 3.63) is 34.7 Å². The van der Waals surface area contributed by atoms with E-state index in [1.807, 2.05) is 6.07 Å². The number of pyridine rings is 1. The highest BCUT2D eigenvalue weighted by Gasteiger charge is 2.13. The van der Waals surface area contributed by atoms with E-state index in [0.717, 1.165) is 10.9 Å². The van der Waals surface area contributed by atoms with Crippen molar-refractivity contribution in [2.45, 2.75) is 13.5 Å². The first-order chi connectivity index (χ1) is 10.6. The molecule has 0 radical (unpaired) electrons. The number of H-pyrrole nitrogens is 1. The first-order valence-corrected chi connectivity index (χ1v) is 6.85. The Labute approximate surface area is 125 Å². The van der Waals surface area contributed by atoms with Gasteiger partial charge in [-0.25, -0.2) is 4.68 Å². The highest BCUT2D eigenvalue weighted by Crippen LogP contribution is 2.24. The zero-order valence-electron chi connectivity index (χ0n) is 12.3. The van der Waals surface area contributed by atoms with Crippen LogP contribution < -0.4 is 10.3 Å². The lowest BCUT2D eigenvalue weighted by Crippen LogP contribution is -2.23. The predicted octanol–water partition coefficient (Wildman–Crippen LogP) is 1.45. The van der Waals surface area contributed by atoms with Gasteiger partial charge < -0.3 is 9.47 Å². The van der Waals surface area contributed by atoms with Crippen LogP contribution in [0.5, 0.6) is 5.75 Å². The van der Waals surface area contributed by atoms with Crippen molar-refractivity contribution in [3.63, 3.8) is 0 Å². The van der Waals surface area contributed by atoms with Crippen molar-refractivity contribution < 1.29 is 14.3 Å². The molecule has 0 aliphatic rings. The fourth-order valence-electron chi connectivity index (χ4n) is 2.36. The Morgan fingerprint density at radius 2 is 2.18 bits per heavy atom. The number of methoxy groups -OCH3 is 1. The molecule has 1 N–H and O–H groups in total. The van der Waals surface area contributed by atoms with E-state index in [1.165, 1.54) is 10.9 Å². The summed E-state index contributed by atoms with van der Waals surface area (Å²) in [7, 11) is 1.57. The Kier molecular flexibility index (Phi) is 3.54. The third-order valence-corrected chi connectivity index (χ3v) is 3.39. The largest absolute Gasteiger partial charge is 0.497 e. The van der Waals surface area contributed by atoms with Gasteiger partial charge in [-0.3, -0.25) is 19.7 Å². The fourth-order valence-corrected chi connectivity index (χ4v) is 2.36. The SMILES string of the molecule is CCOC(=O)Cn1[nH]c2c(cnc3ccc(OC)cc32)c1=O.